The SMILES string of the molecule is CC(C)Oc1ccc(NC2CCCCC2N)cc1. The normalized spacial score (nSPS) is 24.0. The molecule has 0 aromatic heterocycles. The van der Waals surface area contributed by atoms with Crippen LogP contribution in [0.15, 0.2) is 24.3 Å². The highest BCUT2D eigenvalue weighted by molar-refractivity contribution is 5.47. The molecule has 3 N–H and O–H groups in total. The van der Waals surface area contributed by atoms with Crippen LogP contribution in [0.5, 0.6) is 5.75 Å². The van der Waals surface area contributed by atoms with E-state index >= 15 is 0 Å². The Bertz CT molecular complexity index is 361. The molecule has 0 spiro atoms. The fourth-order valence-electron chi connectivity index (χ4n) is 2.45. The molecule has 0 radical (unpaired) electrons. The van der Waals surface area contributed by atoms with E-state index in [9.17, 15) is 0 Å². The first-order chi connectivity index (χ1) is 8.65. The molecule has 1 fully saturated rings. The van der Waals surface area contributed by atoms with Crippen LogP contribution in [0.2, 0.25) is 0 Å². The molecule has 2 unspecified atom stereocenters. The lowest BCUT2D eigenvalue weighted by molar-refractivity contribution is 0.242. The molecular weight excluding hydrogens is 224 g/mol. The lowest BCUT2D eigenvalue weighted by Gasteiger charge is -2.30. The minimum atomic E-state index is 0.218. The summed E-state index contributed by atoms with van der Waals surface area (Å²) in [7, 11) is 0. The molecule has 2 atom stereocenters. The van der Waals surface area contributed by atoms with E-state index in [-0.39, 0.29) is 12.1 Å². The topological polar surface area (TPSA) is 47.3 Å². The Labute approximate surface area is 110 Å². The molecule has 3 heteroatoms. The van der Waals surface area contributed by atoms with Gasteiger partial charge in [0.2, 0.25) is 0 Å². The van der Waals surface area contributed by atoms with Crippen LogP contribution in [-0.4, -0.2) is 18.2 Å². The zero-order valence-electron chi connectivity index (χ0n) is 11.4. The monoisotopic (exact) mass is 248 g/mol. The van der Waals surface area contributed by atoms with Gasteiger partial charge in [-0.05, 0) is 51.0 Å². The quantitative estimate of drug-likeness (QED) is 0.860. The molecule has 3 nitrogen and oxygen atoms in total. The zero-order chi connectivity index (χ0) is 13.0. The highest BCUT2D eigenvalue weighted by atomic mass is 16.5. The third kappa shape index (κ3) is 3.64. The maximum Gasteiger partial charge on any atom is 0.119 e. The second-order valence-electron chi connectivity index (χ2n) is 5.39. The Morgan fingerprint density at radius 1 is 1.17 bits per heavy atom. The third-order valence-corrected chi connectivity index (χ3v) is 3.40. The molecule has 0 bridgehead atoms. The number of ether oxygens (including phenoxy) is 1. The van der Waals surface area contributed by atoms with E-state index in [4.69, 9.17) is 10.5 Å². The molecule has 1 aliphatic rings. The second kappa shape index (κ2) is 6.10. The van der Waals surface area contributed by atoms with Gasteiger partial charge < -0.3 is 15.8 Å². The first kappa shape index (κ1) is 13.2. The van der Waals surface area contributed by atoms with Crippen LogP contribution >= 0.6 is 0 Å². The van der Waals surface area contributed by atoms with Crippen molar-refractivity contribution in [2.24, 2.45) is 5.73 Å². The summed E-state index contributed by atoms with van der Waals surface area (Å²) in [6, 6.07) is 8.85. The lowest BCUT2D eigenvalue weighted by atomic mass is 9.91. The largest absolute Gasteiger partial charge is 0.491 e. The van der Waals surface area contributed by atoms with E-state index in [0.717, 1.165) is 17.9 Å². The van der Waals surface area contributed by atoms with Crippen molar-refractivity contribution in [3.63, 3.8) is 0 Å². The second-order valence-corrected chi connectivity index (χ2v) is 5.39. The third-order valence-electron chi connectivity index (χ3n) is 3.40. The predicted octanol–water partition coefficient (Wildman–Crippen LogP) is 3.16. The Morgan fingerprint density at radius 2 is 1.83 bits per heavy atom. The van der Waals surface area contributed by atoms with Crippen molar-refractivity contribution in [3.05, 3.63) is 24.3 Å². The van der Waals surface area contributed by atoms with E-state index in [1.54, 1.807) is 0 Å². The Morgan fingerprint density at radius 3 is 2.44 bits per heavy atom. The highest BCUT2D eigenvalue weighted by Gasteiger charge is 2.21. The van der Waals surface area contributed by atoms with Gasteiger partial charge in [0.1, 0.15) is 5.75 Å². The summed E-state index contributed by atoms with van der Waals surface area (Å²) in [4.78, 5) is 0. The Balaban J connectivity index is 1.93. The van der Waals surface area contributed by atoms with Crippen molar-refractivity contribution in [3.8, 4) is 5.75 Å². The number of rotatable bonds is 4. The summed E-state index contributed by atoms with van der Waals surface area (Å²) >= 11 is 0. The summed E-state index contributed by atoms with van der Waals surface area (Å²) in [5.41, 5.74) is 7.27. The molecule has 1 saturated carbocycles. The molecule has 2 rings (SSSR count). The number of benzene rings is 1. The van der Waals surface area contributed by atoms with Crippen molar-refractivity contribution in [2.75, 3.05) is 5.32 Å². The minimum absolute atomic E-state index is 0.218. The average Bonchev–Trinajstić information content (AvgIpc) is 2.34. The van der Waals surface area contributed by atoms with Gasteiger partial charge >= 0.3 is 0 Å². The van der Waals surface area contributed by atoms with Crippen LogP contribution < -0.4 is 15.8 Å². The van der Waals surface area contributed by atoms with Crippen molar-refractivity contribution < 1.29 is 4.74 Å². The van der Waals surface area contributed by atoms with Crippen molar-refractivity contribution in [2.45, 2.75) is 57.7 Å². The summed E-state index contributed by atoms with van der Waals surface area (Å²) < 4.78 is 5.63. The molecule has 0 amide bonds. The number of nitrogens with one attached hydrogen (secondary N) is 1. The summed E-state index contributed by atoms with van der Waals surface area (Å²) in [5, 5.41) is 3.53. The zero-order valence-corrected chi connectivity index (χ0v) is 11.4. The summed E-state index contributed by atoms with van der Waals surface area (Å²) in [6.07, 6.45) is 5.06. The number of hydrogen-bond acceptors (Lipinski definition) is 3. The molecule has 1 aromatic carbocycles. The van der Waals surface area contributed by atoms with E-state index in [1.807, 2.05) is 26.0 Å². The van der Waals surface area contributed by atoms with E-state index < -0.39 is 0 Å². The molecule has 18 heavy (non-hydrogen) atoms. The van der Waals surface area contributed by atoms with Crippen LogP contribution in [0.25, 0.3) is 0 Å². The van der Waals surface area contributed by atoms with Crippen LogP contribution in [0.3, 0.4) is 0 Å². The first-order valence-corrected chi connectivity index (χ1v) is 6.94. The maximum atomic E-state index is 6.14. The fourth-order valence-corrected chi connectivity index (χ4v) is 2.45. The first-order valence-electron chi connectivity index (χ1n) is 6.94. The fraction of sp³-hybridized carbons (Fsp3) is 0.600. The number of hydrogen-bond donors (Lipinski definition) is 2. The van der Waals surface area contributed by atoms with Gasteiger partial charge in [-0.3, -0.25) is 0 Å². The molecular formula is C15H24N2O. The van der Waals surface area contributed by atoms with Crippen molar-refractivity contribution in [1.29, 1.82) is 0 Å². The van der Waals surface area contributed by atoms with Gasteiger partial charge in [-0.25, -0.2) is 0 Å². The Kier molecular flexibility index (Phi) is 4.48. The molecule has 100 valence electrons. The molecule has 0 heterocycles. The Hall–Kier alpha value is -1.22. The van der Waals surface area contributed by atoms with Gasteiger partial charge in [0.05, 0.1) is 6.10 Å². The van der Waals surface area contributed by atoms with E-state index in [2.05, 4.69) is 17.4 Å². The highest BCUT2D eigenvalue weighted by Crippen LogP contribution is 2.23. The number of nitrogens with two attached hydrogens (primary N) is 1. The van der Waals surface area contributed by atoms with Gasteiger partial charge in [0.25, 0.3) is 0 Å². The predicted molar refractivity (Wildman–Crippen MR) is 76.1 cm³/mol. The van der Waals surface area contributed by atoms with Crippen LogP contribution in [0, 0.1) is 0 Å². The van der Waals surface area contributed by atoms with Gasteiger partial charge in [0.15, 0.2) is 0 Å². The smallest absolute Gasteiger partial charge is 0.119 e. The minimum Gasteiger partial charge on any atom is -0.491 e. The maximum absolute atomic E-state index is 6.14. The van der Waals surface area contributed by atoms with Gasteiger partial charge in [-0.1, -0.05) is 12.8 Å². The molecule has 1 aliphatic carbocycles. The number of anilines is 1. The lowest BCUT2D eigenvalue weighted by Crippen LogP contribution is -2.42. The van der Waals surface area contributed by atoms with Crippen molar-refractivity contribution >= 4 is 5.69 Å². The van der Waals surface area contributed by atoms with Gasteiger partial charge in [-0.2, -0.15) is 0 Å². The summed E-state index contributed by atoms with van der Waals surface area (Å²) in [6.45, 7) is 4.07. The van der Waals surface area contributed by atoms with Crippen LogP contribution in [0.1, 0.15) is 39.5 Å². The van der Waals surface area contributed by atoms with Crippen molar-refractivity contribution in [1.82, 2.24) is 0 Å². The van der Waals surface area contributed by atoms with Crippen LogP contribution in [0.4, 0.5) is 5.69 Å². The van der Waals surface area contributed by atoms with Gasteiger partial charge in [0, 0.05) is 17.8 Å². The summed E-state index contributed by atoms with van der Waals surface area (Å²) in [5.74, 6) is 0.920. The molecule has 0 aliphatic heterocycles. The average molecular weight is 248 g/mol. The standard InChI is InChI=1S/C15H24N2O/c1-11(2)18-13-9-7-12(8-10-13)17-15-6-4-3-5-14(15)16/h7-11,14-15,17H,3-6,16H2,1-2H3. The van der Waals surface area contributed by atoms with Gasteiger partial charge in [-0.15, -0.1) is 0 Å². The van der Waals surface area contributed by atoms with Crippen LogP contribution in [-0.2, 0) is 0 Å². The molecule has 1 aromatic rings. The molecule has 0 saturated heterocycles. The van der Waals surface area contributed by atoms with E-state index in [0.29, 0.717) is 6.04 Å². The van der Waals surface area contributed by atoms with E-state index in [1.165, 1.54) is 19.3 Å².